The number of aromatic nitrogens is 1. The summed E-state index contributed by atoms with van der Waals surface area (Å²) >= 11 is 0. The maximum Gasteiger partial charge on any atom is 0.231 e. The highest BCUT2D eigenvalue weighted by Crippen LogP contribution is 2.33. The molecule has 1 aliphatic rings. The second-order valence-corrected chi connectivity index (χ2v) is 4.83. The van der Waals surface area contributed by atoms with Crippen LogP contribution in [0.25, 0.3) is 0 Å². The van der Waals surface area contributed by atoms with E-state index in [1.807, 2.05) is 42.5 Å². The molecule has 5 heteroatoms. The molecule has 0 spiro atoms. The van der Waals surface area contributed by atoms with Gasteiger partial charge in [0.1, 0.15) is 24.1 Å². The van der Waals surface area contributed by atoms with Crippen LogP contribution in [-0.4, -0.2) is 30.6 Å². The van der Waals surface area contributed by atoms with Crippen molar-refractivity contribution in [3.63, 3.8) is 0 Å². The minimum atomic E-state index is -0.212. The van der Waals surface area contributed by atoms with Crippen molar-refractivity contribution in [1.29, 1.82) is 0 Å². The summed E-state index contributed by atoms with van der Waals surface area (Å²) < 4.78 is 5.52. The van der Waals surface area contributed by atoms with Crippen molar-refractivity contribution in [3.05, 3.63) is 54.2 Å². The van der Waals surface area contributed by atoms with Crippen molar-refractivity contribution in [1.82, 2.24) is 10.3 Å². The lowest BCUT2D eigenvalue weighted by Crippen LogP contribution is -2.33. The zero-order valence-corrected chi connectivity index (χ0v) is 11.6. The summed E-state index contributed by atoms with van der Waals surface area (Å²) in [7, 11) is 0. The molecule has 3 rings (SSSR count). The zero-order chi connectivity index (χ0) is 14.5. The van der Waals surface area contributed by atoms with Gasteiger partial charge in [0.25, 0.3) is 0 Å². The van der Waals surface area contributed by atoms with Crippen LogP contribution < -0.4 is 15.4 Å². The van der Waals surface area contributed by atoms with E-state index in [-0.39, 0.29) is 11.8 Å². The molecule has 1 atom stereocenters. The number of nitrogens with one attached hydrogen (secondary N) is 2. The Morgan fingerprint density at radius 1 is 1.19 bits per heavy atom. The van der Waals surface area contributed by atoms with Crippen molar-refractivity contribution >= 4 is 11.7 Å². The van der Waals surface area contributed by atoms with Gasteiger partial charge in [-0.1, -0.05) is 24.3 Å². The molecule has 0 radical (unpaired) electrons. The highest BCUT2D eigenvalue weighted by molar-refractivity contribution is 5.85. The first kappa shape index (κ1) is 13.4. The molecule has 5 nitrogen and oxygen atoms in total. The smallest absolute Gasteiger partial charge is 0.231 e. The topological polar surface area (TPSA) is 63.2 Å². The third kappa shape index (κ3) is 3.13. The molecule has 2 N–H and O–H groups in total. The number of rotatable bonds is 5. The van der Waals surface area contributed by atoms with Gasteiger partial charge < -0.3 is 15.4 Å². The number of hydrogen-bond acceptors (Lipinski definition) is 4. The van der Waals surface area contributed by atoms with Gasteiger partial charge in [0.05, 0.1) is 0 Å². The van der Waals surface area contributed by atoms with Crippen molar-refractivity contribution in [2.75, 3.05) is 25.0 Å². The van der Waals surface area contributed by atoms with E-state index in [1.165, 1.54) is 0 Å². The average Bonchev–Trinajstić information content (AvgIpc) is 2.96. The molecule has 0 saturated carbocycles. The number of fused-ring (bicyclic) bond motifs is 1. The predicted molar refractivity (Wildman–Crippen MR) is 80.4 cm³/mol. The van der Waals surface area contributed by atoms with E-state index < -0.39 is 0 Å². The lowest BCUT2D eigenvalue weighted by Gasteiger charge is -2.11. The summed E-state index contributed by atoms with van der Waals surface area (Å²) in [6, 6.07) is 13.4. The van der Waals surface area contributed by atoms with Gasteiger partial charge in [0.15, 0.2) is 0 Å². The molecule has 1 aliphatic heterocycles. The maximum absolute atomic E-state index is 12.2. The number of ether oxygens (including phenoxy) is 1. The Hall–Kier alpha value is -2.56. The third-order valence-corrected chi connectivity index (χ3v) is 3.41. The molecule has 2 aromatic rings. The van der Waals surface area contributed by atoms with Gasteiger partial charge in [-0.3, -0.25) is 4.79 Å². The number of carbonyl (C=O) groups is 1. The summed E-state index contributed by atoms with van der Waals surface area (Å²) in [6.45, 7) is 1.60. The largest absolute Gasteiger partial charge is 0.492 e. The van der Waals surface area contributed by atoms with E-state index in [4.69, 9.17) is 4.74 Å². The van der Waals surface area contributed by atoms with Gasteiger partial charge in [-0.2, -0.15) is 0 Å². The molecule has 1 aromatic heterocycles. The van der Waals surface area contributed by atoms with Crippen LogP contribution in [0.3, 0.4) is 0 Å². The molecular formula is C16H17N3O2. The number of nitrogens with zero attached hydrogens (tertiary/aromatic N) is 1. The summed E-state index contributed by atoms with van der Waals surface area (Å²) in [6.07, 6.45) is 1.73. The third-order valence-electron chi connectivity index (χ3n) is 3.41. The van der Waals surface area contributed by atoms with Crippen LogP contribution in [0, 0.1) is 0 Å². The Morgan fingerprint density at radius 2 is 2.05 bits per heavy atom. The van der Waals surface area contributed by atoms with Gasteiger partial charge in [-0.05, 0) is 18.2 Å². The summed E-state index contributed by atoms with van der Waals surface area (Å²) in [4.78, 5) is 16.3. The highest BCUT2D eigenvalue weighted by atomic mass is 16.5. The molecule has 1 amide bonds. The SMILES string of the molecule is O=C(NCCNc1ccccn1)[C@@H]1COc2ccccc21. The normalized spacial score (nSPS) is 15.9. The molecule has 2 heterocycles. The fourth-order valence-corrected chi connectivity index (χ4v) is 2.35. The van der Waals surface area contributed by atoms with Crippen molar-refractivity contribution < 1.29 is 9.53 Å². The molecule has 0 unspecified atom stereocenters. The maximum atomic E-state index is 12.2. The molecule has 21 heavy (non-hydrogen) atoms. The number of amides is 1. The van der Waals surface area contributed by atoms with E-state index in [1.54, 1.807) is 6.20 Å². The fourth-order valence-electron chi connectivity index (χ4n) is 2.35. The van der Waals surface area contributed by atoms with Gasteiger partial charge in [-0.25, -0.2) is 4.98 Å². The molecule has 1 aromatic carbocycles. The number of para-hydroxylation sites is 1. The molecule has 0 aliphatic carbocycles. The van der Waals surface area contributed by atoms with Crippen LogP contribution in [0.2, 0.25) is 0 Å². The Bertz CT molecular complexity index is 616. The van der Waals surface area contributed by atoms with Crippen LogP contribution in [0.15, 0.2) is 48.7 Å². The van der Waals surface area contributed by atoms with Crippen LogP contribution in [0.1, 0.15) is 11.5 Å². The summed E-state index contributed by atoms with van der Waals surface area (Å²) in [5.41, 5.74) is 0.965. The van der Waals surface area contributed by atoms with Gasteiger partial charge in [0.2, 0.25) is 5.91 Å². The number of carbonyl (C=O) groups excluding carboxylic acids is 1. The first-order valence-electron chi connectivity index (χ1n) is 6.99. The molecule has 0 fully saturated rings. The van der Waals surface area contributed by atoms with Gasteiger partial charge >= 0.3 is 0 Å². The number of benzene rings is 1. The first-order chi connectivity index (χ1) is 10.3. The van der Waals surface area contributed by atoms with Crippen molar-refractivity contribution in [2.24, 2.45) is 0 Å². The lowest BCUT2D eigenvalue weighted by molar-refractivity contribution is -0.122. The van der Waals surface area contributed by atoms with E-state index in [9.17, 15) is 4.79 Å². The van der Waals surface area contributed by atoms with Gasteiger partial charge in [0, 0.05) is 24.8 Å². The van der Waals surface area contributed by atoms with Crippen molar-refractivity contribution in [3.8, 4) is 5.75 Å². The van der Waals surface area contributed by atoms with Crippen LogP contribution in [0.4, 0.5) is 5.82 Å². The molecule has 0 saturated heterocycles. The quantitative estimate of drug-likeness (QED) is 0.821. The lowest BCUT2D eigenvalue weighted by atomic mass is 10.0. The first-order valence-corrected chi connectivity index (χ1v) is 6.99. The standard InChI is InChI=1S/C16H17N3O2/c20-16(13-11-21-14-6-2-1-5-12(13)14)19-10-9-18-15-7-3-4-8-17-15/h1-8,13H,9-11H2,(H,17,18)(H,19,20)/t13-/m1/s1. The highest BCUT2D eigenvalue weighted by Gasteiger charge is 2.29. The number of anilines is 1. The molecular weight excluding hydrogens is 266 g/mol. The molecule has 108 valence electrons. The van der Waals surface area contributed by atoms with Crippen LogP contribution in [-0.2, 0) is 4.79 Å². The Labute approximate surface area is 123 Å². The average molecular weight is 283 g/mol. The minimum absolute atomic E-state index is 0.00257. The number of pyridine rings is 1. The zero-order valence-electron chi connectivity index (χ0n) is 11.6. The van der Waals surface area contributed by atoms with E-state index >= 15 is 0 Å². The minimum Gasteiger partial charge on any atom is -0.492 e. The second kappa shape index (κ2) is 6.26. The number of hydrogen-bond donors (Lipinski definition) is 2. The Kier molecular flexibility index (Phi) is 4.00. The fraction of sp³-hybridized carbons (Fsp3) is 0.250. The Balaban J connectivity index is 1.47. The Morgan fingerprint density at radius 3 is 2.90 bits per heavy atom. The second-order valence-electron chi connectivity index (χ2n) is 4.83. The van der Waals surface area contributed by atoms with Crippen LogP contribution in [0.5, 0.6) is 5.75 Å². The monoisotopic (exact) mass is 283 g/mol. The summed E-state index contributed by atoms with van der Waals surface area (Å²) in [5.74, 6) is 1.41. The van der Waals surface area contributed by atoms with E-state index in [2.05, 4.69) is 15.6 Å². The van der Waals surface area contributed by atoms with Crippen molar-refractivity contribution in [2.45, 2.75) is 5.92 Å². The predicted octanol–water partition coefficient (Wildman–Crippen LogP) is 1.79. The van der Waals surface area contributed by atoms with E-state index in [0.29, 0.717) is 19.7 Å². The van der Waals surface area contributed by atoms with Crippen LogP contribution >= 0.6 is 0 Å². The van der Waals surface area contributed by atoms with E-state index in [0.717, 1.165) is 17.1 Å². The summed E-state index contributed by atoms with van der Waals surface area (Å²) in [5, 5.41) is 6.08. The molecule has 0 bridgehead atoms. The van der Waals surface area contributed by atoms with Gasteiger partial charge in [-0.15, -0.1) is 0 Å².